The fraction of sp³-hybridized carbons (Fsp3) is 0.350. The summed E-state index contributed by atoms with van der Waals surface area (Å²) in [5, 5.41) is 15.4. The Morgan fingerprint density at radius 3 is 2.41 bits per heavy atom. The van der Waals surface area contributed by atoms with Crippen molar-refractivity contribution in [2.75, 3.05) is 5.43 Å². The number of anilines is 1. The van der Waals surface area contributed by atoms with Crippen LogP contribution in [-0.4, -0.2) is 35.9 Å². The average Bonchev–Trinajstić information content (AvgIpc) is 2.68. The van der Waals surface area contributed by atoms with Crippen molar-refractivity contribution < 1.29 is 13.3 Å². The standard InChI is InChI=1S/C20H24N4O4S/c1-15-7-6-8-16(2)23(15)29(27,28)20-13-18(24(25)26)11-12-19(20)22-21-14-17-9-4-3-5-10-17/h3-5,9-16,22H,6-8H2,1-2H3/b21-14-/t15-,16-/m1/s1. The molecule has 0 unspecified atom stereocenters. The van der Waals surface area contributed by atoms with Gasteiger partial charge >= 0.3 is 0 Å². The Balaban J connectivity index is 1.99. The summed E-state index contributed by atoms with van der Waals surface area (Å²) < 4.78 is 28.4. The minimum atomic E-state index is -3.95. The number of non-ortho nitro benzene ring substituents is 1. The first-order valence-electron chi connectivity index (χ1n) is 9.47. The van der Waals surface area contributed by atoms with Crippen molar-refractivity contribution in [1.29, 1.82) is 0 Å². The molecule has 2 aromatic rings. The Hall–Kier alpha value is -2.78. The molecule has 2 aromatic carbocycles. The number of nitrogens with one attached hydrogen (secondary N) is 1. The SMILES string of the molecule is C[C@@H]1CCC[C@@H](C)N1S(=O)(=O)c1cc([N+](=O)[O-])ccc1N/N=C\c1ccccc1. The molecule has 29 heavy (non-hydrogen) atoms. The van der Waals surface area contributed by atoms with Crippen molar-refractivity contribution in [3.05, 3.63) is 64.2 Å². The number of piperidine rings is 1. The monoisotopic (exact) mass is 416 g/mol. The molecule has 0 aromatic heterocycles. The Labute approximate surface area is 170 Å². The maximum Gasteiger partial charge on any atom is 0.270 e. The van der Waals surface area contributed by atoms with E-state index in [1.54, 1.807) is 6.21 Å². The molecule has 1 N–H and O–H groups in total. The molecule has 1 saturated heterocycles. The topological polar surface area (TPSA) is 105 Å². The van der Waals surface area contributed by atoms with E-state index in [0.717, 1.165) is 30.9 Å². The largest absolute Gasteiger partial charge is 0.277 e. The molecule has 0 amide bonds. The Morgan fingerprint density at radius 1 is 1.14 bits per heavy atom. The summed E-state index contributed by atoms with van der Waals surface area (Å²) in [6, 6.07) is 12.7. The van der Waals surface area contributed by atoms with Gasteiger partial charge in [-0.15, -0.1) is 0 Å². The number of hydrazone groups is 1. The van der Waals surface area contributed by atoms with Crippen LogP contribution < -0.4 is 5.43 Å². The number of benzene rings is 2. The van der Waals surface area contributed by atoms with Gasteiger partial charge in [-0.2, -0.15) is 9.41 Å². The number of nitrogens with zero attached hydrogens (tertiary/aromatic N) is 3. The zero-order valence-corrected chi connectivity index (χ0v) is 17.2. The van der Waals surface area contributed by atoms with Crippen LogP contribution in [0.5, 0.6) is 0 Å². The number of hydrogen-bond acceptors (Lipinski definition) is 6. The van der Waals surface area contributed by atoms with Crippen molar-refractivity contribution in [2.45, 2.75) is 50.1 Å². The third-order valence-corrected chi connectivity index (χ3v) is 7.21. The van der Waals surface area contributed by atoms with Gasteiger partial charge in [-0.3, -0.25) is 15.5 Å². The van der Waals surface area contributed by atoms with Crippen LogP contribution in [0.4, 0.5) is 11.4 Å². The average molecular weight is 417 g/mol. The normalized spacial score (nSPS) is 20.6. The molecule has 0 bridgehead atoms. The summed E-state index contributed by atoms with van der Waals surface area (Å²) in [6.45, 7) is 3.73. The lowest BCUT2D eigenvalue weighted by Gasteiger charge is -2.37. The molecule has 0 saturated carbocycles. The van der Waals surface area contributed by atoms with Gasteiger partial charge < -0.3 is 0 Å². The number of hydrogen-bond donors (Lipinski definition) is 1. The van der Waals surface area contributed by atoms with E-state index in [1.165, 1.54) is 16.4 Å². The molecule has 0 radical (unpaired) electrons. The van der Waals surface area contributed by atoms with Crippen molar-refractivity contribution in [2.24, 2.45) is 5.10 Å². The molecule has 1 heterocycles. The van der Waals surface area contributed by atoms with Gasteiger partial charge in [-0.1, -0.05) is 36.8 Å². The highest BCUT2D eigenvalue weighted by Gasteiger charge is 2.37. The Bertz CT molecular complexity index is 998. The van der Waals surface area contributed by atoms with Crippen LogP contribution in [0.2, 0.25) is 0 Å². The second-order valence-corrected chi connectivity index (χ2v) is 8.99. The summed E-state index contributed by atoms with van der Waals surface area (Å²) in [7, 11) is -3.95. The van der Waals surface area contributed by atoms with Gasteiger partial charge in [-0.25, -0.2) is 8.42 Å². The van der Waals surface area contributed by atoms with Crippen LogP contribution in [0.3, 0.4) is 0 Å². The minimum Gasteiger partial charge on any atom is -0.277 e. The predicted molar refractivity (Wildman–Crippen MR) is 113 cm³/mol. The number of sulfonamides is 1. The summed E-state index contributed by atoms with van der Waals surface area (Å²) in [6.07, 6.45) is 4.03. The summed E-state index contributed by atoms with van der Waals surface area (Å²) in [4.78, 5) is 10.5. The molecule has 0 aliphatic carbocycles. The Kier molecular flexibility index (Phi) is 6.29. The minimum absolute atomic E-state index is 0.141. The lowest BCUT2D eigenvalue weighted by atomic mass is 10.0. The van der Waals surface area contributed by atoms with Crippen LogP contribution >= 0.6 is 0 Å². The van der Waals surface area contributed by atoms with E-state index < -0.39 is 14.9 Å². The fourth-order valence-electron chi connectivity index (χ4n) is 3.63. The van der Waals surface area contributed by atoms with E-state index in [2.05, 4.69) is 10.5 Å². The van der Waals surface area contributed by atoms with E-state index in [4.69, 9.17) is 0 Å². The molecule has 3 rings (SSSR count). The lowest BCUT2D eigenvalue weighted by Crippen LogP contribution is -2.47. The highest BCUT2D eigenvalue weighted by Crippen LogP contribution is 2.34. The van der Waals surface area contributed by atoms with Gasteiger partial charge in [0.2, 0.25) is 10.0 Å². The molecule has 1 aliphatic rings. The molecular weight excluding hydrogens is 392 g/mol. The maximum absolute atomic E-state index is 13.4. The van der Waals surface area contributed by atoms with Gasteiger partial charge in [0.1, 0.15) is 4.90 Å². The highest BCUT2D eigenvalue weighted by molar-refractivity contribution is 7.89. The van der Waals surface area contributed by atoms with Gasteiger partial charge in [0.15, 0.2) is 0 Å². The second kappa shape index (κ2) is 8.71. The van der Waals surface area contributed by atoms with Crippen LogP contribution in [0.1, 0.15) is 38.7 Å². The van der Waals surface area contributed by atoms with E-state index in [-0.39, 0.29) is 28.4 Å². The third-order valence-electron chi connectivity index (χ3n) is 5.04. The number of nitro groups is 1. The number of rotatable bonds is 6. The first-order valence-corrected chi connectivity index (χ1v) is 10.9. The van der Waals surface area contributed by atoms with Crippen molar-refractivity contribution in [3.63, 3.8) is 0 Å². The van der Waals surface area contributed by atoms with E-state index >= 15 is 0 Å². The third kappa shape index (κ3) is 4.63. The molecule has 9 heteroatoms. The van der Waals surface area contributed by atoms with Crippen LogP contribution in [0, 0.1) is 10.1 Å². The van der Waals surface area contributed by atoms with Crippen molar-refractivity contribution in [1.82, 2.24) is 4.31 Å². The van der Waals surface area contributed by atoms with Gasteiger partial charge in [0, 0.05) is 24.2 Å². The molecule has 154 valence electrons. The zero-order chi connectivity index (χ0) is 21.0. The summed E-state index contributed by atoms with van der Waals surface area (Å²) >= 11 is 0. The summed E-state index contributed by atoms with van der Waals surface area (Å²) in [5.74, 6) is 0. The quantitative estimate of drug-likeness (QED) is 0.435. The fourth-order valence-corrected chi connectivity index (χ4v) is 5.68. The van der Waals surface area contributed by atoms with Crippen molar-refractivity contribution in [3.8, 4) is 0 Å². The second-order valence-electron chi connectivity index (χ2n) is 7.18. The van der Waals surface area contributed by atoms with E-state index in [0.29, 0.717) is 0 Å². The van der Waals surface area contributed by atoms with Gasteiger partial charge in [0.25, 0.3) is 5.69 Å². The van der Waals surface area contributed by atoms with Gasteiger partial charge in [-0.05, 0) is 38.3 Å². The molecular formula is C20H24N4O4S. The molecule has 2 atom stereocenters. The molecule has 0 spiro atoms. The van der Waals surface area contributed by atoms with Crippen LogP contribution in [-0.2, 0) is 10.0 Å². The van der Waals surface area contributed by atoms with Crippen LogP contribution in [0.15, 0.2) is 58.5 Å². The zero-order valence-electron chi connectivity index (χ0n) is 16.4. The lowest BCUT2D eigenvalue weighted by molar-refractivity contribution is -0.385. The molecule has 1 fully saturated rings. The van der Waals surface area contributed by atoms with Crippen molar-refractivity contribution >= 4 is 27.6 Å². The van der Waals surface area contributed by atoms with Gasteiger partial charge in [0.05, 0.1) is 16.8 Å². The Morgan fingerprint density at radius 2 is 1.79 bits per heavy atom. The first-order chi connectivity index (χ1) is 13.8. The van der Waals surface area contributed by atoms with Crippen LogP contribution in [0.25, 0.3) is 0 Å². The molecule has 1 aliphatic heterocycles. The highest BCUT2D eigenvalue weighted by atomic mass is 32.2. The smallest absolute Gasteiger partial charge is 0.270 e. The number of nitro benzene ring substituents is 1. The predicted octanol–water partition coefficient (Wildman–Crippen LogP) is 3.99. The van der Waals surface area contributed by atoms with E-state index in [9.17, 15) is 18.5 Å². The first kappa shape index (κ1) is 20.9. The summed E-state index contributed by atoms with van der Waals surface area (Å²) in [5.41, 5.74) is 3.50. The maximum atomic E-state index is 13.4. The molecule has 8 nitrogen and oxygen atoms in total. The van der Waals surface area contributed by atoms with E-state index in [1.807, 2.05) is 44.2 Å².